The first-order valence-electron chi connectivity index (χ1n) is 8.64. The van der Waals surface area contributed by atoms with Crippen molar-refractivity contribution in [3.63, 3.8) is 0 Å². The number of hydrogen-bond acceptors (Lipinski definition) is 4. The minimum absolute atomic E-state index is 0.149. The summed E-state index contributed by atoms with van der Waals surface area (Å²) in [5, 5.41) is 0. The van der Waals surface area contributed by atoms with E-state index in [1.807, 2.05) is 0 Å². The maximum Gasteiger partial charge on any atom is 0.289 e. The number of carbonyl (C=O) groups is 1. The van der Waals surface area contributed by atoms with E-state index < -0.39 is 9.84 Å². The monoisotopic (exact) mass is 361 g/mol. The highest BCUT2D eigenvalue weighted by atomic mass is 32.2. The van der Waals surface area contributed by atoms with Gasteiger partial charge in [0, 0.05) is 18.7 Å². The number of piperidine rings is 1. The molecule has 0 saturated carbocycles. The molecule has 6 heteroatoms. The molecule has 1 saturated heterocycles. The molecule has 2 aromatic rings. The van der Waals surface area contributed by atoms with E-state index in [0.717, 1.165) is 19.3 Å². The number of rotatable bonds is 5. The third-order valence-electron chi connectivity index (χ3n) is 4.77. The standard InChI is InChI=1S/C19H23NO4S/c1-2-15-7-6-11-20(13-15)19(21)18-16(10-12-24-18)14-25(22,23)17-8-4-3-5-9-17/h3-5,8-10,12,15H,2,6-7,11,13-14H2,1H3. The molecule has 1 aliphatic heterocycles. The first-order valence-corrected chi connectivity index (χ1v) is 10.3. The van der Waals surface area contributed by atoms with Crippen LogP contribution in [0.1, 0.15) is 42.3 Å². The number of nitrogens with zero attached hydrogens (tertiary/aromatic N) is 1. The summed E-state index contributed by atoms with van der Waals surface area (Å²) in [5.41, 5.74) is 0.424. The van der Waals surface area contributed by atoms with E-state index in [-0.39, 0.29) is 22.3 Å². The number of likely N-dealkylation sites (tertiary alicyclic amines) is 1. The molecular formula is C19H23NO4S. The van der Waals surface area contributed by atoms with E-state index in [4.69, 9.17) is 4.42 Å². The van der Waals surface area contributed by atoms with Crippen molar-refractivity contribution in [2.45, 2.75) is 36.8 Å². The smallest absolute Gasteiger partial charge is 0.289 e. The van der Waals surface area contributed by atoms with Crippen LogP contribution in [-0.4, -0.2) is 32.3 Å². The average Bonchev–Trinajstić information content (AvgIpc) is 3.09. The topological polar surface area (TPSA) is 67.6 Å². The molecule has 25 heavy (non-hydrogen) atoms. The van der Waals surface area contributed by atoms with Crippen LogP contribution in [0.15, 0.2) is 52.0 Å². The third kappa shape index (κ3) is 3.95. The van der Waals surface area contributed by atoms with E-state index in [9.17, 15) is 13.2 Å². The van der Waals surface area contributed by atoms with Gasteiger partial charge in [-0.3, -0.25) is 4.79 Å². The molecule has 1 amide bonds. The molecule has 1 aromatic heterocycles. The highest BCUT2D eigenvalue weighted by Crippen LogP contribution is 2.24. The third-order valence-corrected chi connectivity index (χ3v) is 6.45. The van der Waals surface area contributed by atoms with Crippen molar-refractivity contribution in [2.24, 2.45) is 5.92 Å². The minimum Gasteiger partial charge on any atom is -0.459 e. The van der Waals surface area contributed by atoms with Gasteiger partial charge in [-0.1, -0.05) is 31.5 Å². The van der Waals surface area contributed by atoms with Gasteiger partial charge in [-0.05, 0) is 37.0 Å². The molecule has 2 heterocycles. The second-order valence-corrected chi connectivity index (χ2v) is 8.50. The van der Waals surface area contributed by atoms with Gasteiger partial charge in [-0.15, -0.1) is 0 Å². The van der Waals surface area contributed by atoms with E-state index >= 15 is 0 Å². The molecule has 1 fully saturated rings. The Bertz CT molecular complexity index is 826. The van der Waals surface area contributed by atoms with Crippen LogP contribution in [0.2, 0.25) is 0 Å². The summed E-state index contributed by atoms with van der Waals surface area (Å²) < 4.78 is 30.5. The van der Waals surface area contributed by atoms with Gasteiger partial charge >= 0.3 is 0 Å². The van der Waals surface area contributed by atoms with E-state index in [1.54, 1.807) is 41.3 Å². The zero-order valence-corrected chi connectivity index (χ0v) is 15.2. The Hall–Kier alpha value is -2.08. The van der Waals surface area contributed by atoms with Gasteiger partial charge in [0.1, 0.15) is 0 Å². The molecule has 0 N–H and O–H groups in total. The minimum atomic E-state index is -3.52. The van der Waals surface area contributed by atoms with Crippen LogP contribution < -0.4 is 0 Å². The SMILES string of the molecule is CCC1CCCN(C(=O)c2occc2CS(=O)(=O)c2ccccc2)C1. The zero-order chi connectivity index (χ0) is 17.9. The summed E-state index contributed by atoms with van der Waals surface area (Å²) >= 11 is 0. The normalized spacial score (nSPS) is 18.3. The number of carbonyl (C=O) groups excluding carboxylic acids is 1. The summed E-state index contributed by atoms with van der Waals surface area (Å²) in [6.07, 6.45) is 4.54. The van der Waals surface area contributed by atoms with Crippen molar-refractivity contribution >= 4 is 15.7 Å². The van der Waals surface area contributed by atoms with Crippen molar-refractivity contribution in [1.82, 2.24) is 4.90 Å². The highest BCUT2D eigenvalue weighted by molar-refractivity contribution is 7.90. The van der Waals surface area contributed by atoms with Crippen LogP contribution in [0.3, 0.4) is 0 Å². The highest BCUT2D eigenvalue weighted by Gasteiger charge is 2.28. The summed E-state index contributed by atoms with van der Waals surface area (Å²) in [6.45, 7) is 3.53. The molecule has 0 aliphatic carbocycles. The molecule has 3 rings (SSSR count). The van der Waals surface area contributed by atoms with E-state index in [2.05, 4.69) is 6.92 Å². The molecule has 0 spiro atoms. The Morgan fingerprint density at radius 3 is 2.72 bits per heavy atom. The molecule has 1 aromatic carbocycles. The lowest BCUT2D eigenvalue weighted by atomic mass is 9.95. The van der Waals surface area contributed by atoms with Crippen LogP contribution in [0, 0.1) is 5.92 Å². The first-order chi connectivity index (χ1) is 12.0. The first kappa shape index (κ1) is 17.7. The van der Waals surface area contributed by atoms with Gasteiger partial charge in [-0.2, -0.15) is 0 Å². The Balaban J connectivity index is 1.80. The second-order valence-electron chi connectivity index (χ2n) is 6.51. The van der Waals surface area contributed by atoms with Gasteiger partial charge in [-0.25, -0.2) is 8.42 Å². The number of benzene rings is 1. The van der Waals surface area contributed by atoms with Crippen LogP contribution in [-0.2, 0) is 15.6 Å². The lowest BCUT2D eigenvalue weighted by Gasteiger charge is -2.31. The Morgan fingerprint density at radius 1 is 1.24 bits per heavy atom. The van der Waals surface area contributed by atoms with Crippen molar-refractivity contribution in [3.8, 4) is 0 Å². The number of sulfone groups is 1. The van der Waals surface area contributed by atoms with E-state index in [1.165, 1.54) is 6.26 Å². The van der Waals surface area contributed by atoms with Crippen molar-refractivity contribution < 1.29 is 17.6 Å². The van der Waals surface area contributed by atoms with Gasteiger partial charge in [0.25, 0.3) is 5.91 Å². The fraction of sp³-hybridized carbons (Fsp3) is 0.421. The fourth-order valence-corrected chi connectivity index (χ4v) is 4.65. The van der Waals surface area contributed by atoms with Crippen molar-refractivity contribution in [2.75, 3.05) is 13.1 Å². The summed E-state index contributed by atoms with van der Waals surface area (Å²) in [5.74, 6) is 0.210. The quantitative estimate of drug-likeness (QED) is 0.817. The van der Waals surface area contributed by atoms with E-state index in [0.29, 0.717) is 24.6 Å². The maximum atomic E-state index is 12.8. The Labute approximate surface area is 148 Å². The predicted octanol–water partition coefficient (Wildman–Crippen LogP) is 3.52. The predicted molar refractivity (Wildman–Crippen MR) is 95.0 cm³/mol. The second kappa shape index (κ2) is 7.44. The maximum absolute atomic E-state index is 12.8. The molecule has 1 aliphatic rings. The van der Waals surface area contributed by atoms with Crippen LogP contribution in [0.25, 0.3) is 0 Å². The zero-order valence-electron chi connectivity index (χ0n) is 14.3. The molecule has 0 radical (unpaired) electrons. The summed E-state index contributed by atoms with van der Waals surface area (Å²) in [4.78, 5) is 14.8. The summed E-state index contributed by atoms with van der Waals surface area (Å²) in [7, 11) is -3.52. The number of furan rings is 1. The number of hydrogen-bond donors (Lipinski definition) is 0. The van der Waals surface area contributed by atoms with Crippen molar-refractivity contribution in [3.05, 3.63) is 54.0 Å². The van der Waals surface area contributed by atoms with Crippen molar-refractivity contribution in [1.29, 1.82) is 0 Å². The lowest BCUT2D eigenvalue weighted by molar-refractivity contribution is 0.0638. The van der Waals surface area contributed by atoms with Crippen LogP contribution in [0.4, 0.5) is 0 Å². The molecule has 5 nitrogen and oxygen atoms in total. The summed E-state index contributed by atoms with van der Waals surface area (Å²) in [6, 6.07) is 9.85. The van der Waals surface area contributed by atoms with Gasteiger partial charge < -0.3 is 9.32 Å². The largest absolute Gasteiger partial charge is 0.459 e. The van der Waals surface area contributed by atoms with Crippen LogP contribution >= 0.6 is 0 Å². The molecule has 134 valence electrons. The molecule has 0 bridgehead atoms. The van der Waals surface area contributed by atoms with Gasteiger partial charge in [0.15, 0.2) is 15.6 Å². The Morgan fingerprint density at radius 2 is 2.00 bits per heavy atom. The van der Waals surface area contributed by atoms with Gasteiger partial charge in [0.05, 0.1) is 16.9 Å². The molecular weight excluding hydrogens is 338 g/mol. The number of amides is 1. The lowest BCUT2D eigenvalue weighted by Crippen LogP contribution is -2.40. The fourth-order valence-electron chi connectivity index (χ4n) is 3.28. The van der Waals surface area contributed by atoms with Crippen LogP contribution in [0.5, 0.6) is 0 Å². The molecule has 1 atom stereocenters. The average molecular weight is 361 g/mol. The molecule has 1 unspecified atom stereocenters. The van der Waals surface area contributed by atoms with Gasteiger partial charge in [0.2, 0.25) is 0 Å². The Kier molecular flexibility index (Phi) is 5.27.